The van der Waals surface area contributed by atoms with Crippen LogP contribution in [0.4, 0.5) is 0 Å². The van der Waals surface area contributed by atoms with E-state index >= 15 is 0 Å². The minimum atomic E-state index is 0.153. The zero-order chi connectivity index (χ0) is 21.6. The van der Waals surface area contributed by atoms with Crippen LogP contribution in [0.5, 0.6) is 0 Å². The van der Waals surface area contributed by atoms with Gasteiger partial charge in [-0.25, -0.2) is 0 Å². The van der Waals surface area contributed by atoms with Crippen molar-refractivity contribution >= 4 is 16.8 Å². The standard InChI is InChI=1S/C27H35N3O/c1-21-10-12-23(13-11-21)19-30-20-24(25-8-3-4-9-26(25)30)14-15-27(31)28-16-18-29-17-6-5-7-22(29)2/h3-4,8-13,20,22H,5-7,14-19H2,1-2H3,(H,28,31). The highest BCUT2D eigenvalue weighted by Gasteiger charge is 2.17. The van der Waals surface area contributed by atoms with E-state index in [-0.39, 0.29) is 5.91 Å². The Bertz CT molecular complexity index is 1000. The first kappa shape index (κ1) is 21.6. The number of fused-ring (bicyclic) bond motifs is 1. The van der Waals surface area contributed by atoms with Crippen molar-refractivity contribution in [2.24, 2.45) is 0 Å². The molecule has 1 amide bonds. The number of likely N-dealkylation sites (tertiary alicyclic amines) is 1. The zero-order valence-electron chi connectivity index (χ0n) is 18.9. The maximum atomic E-state index is 12.5. The van der Waals surface area contributed by atoms with Crippen LogP contribution in [0.15, 0.2) is 54.7 Å². The molecular formula is C27H35N3O. The van der Waals surface area contributed by atoms with Gasteiger partial charge in [0.1, 0.15) is 0 Å². The van der Waals surface area contributed by atoms with Crippen LogP contribution < -0.4 is 5.32 Å². The average Bonchev–Trinajstić information content (AvgIpc) is 3.13. The van der Waals surface area contributed by atoms with Gasteiger partial charge in [0.15, 0.2) is 0 Å². The molecule has 3 aromatic rings. The van der Waals surface area contributed by atoms with E-state index in [2.05, 4.69) is 83.4 Å². The van der Waals surface area contributed by atoms with E-state index in [0.29, 0.717) is 12.5 Å². The number of carbonyl (C=O) groups is 1. The van der Waals surface area contributed by atoms with Crippen LogP contribution in [0.25, 0.3) is 10.9 Å². The molecule has 2 heterocycles. The lowest BCUT2D eigenvalue weighted by Gasteiger charge is -2.33. The number of piperidine rings is 1. The molecule has 4 rings (SSSR count). The fraction of sp³-hybridized carbons (Fsp3) is 0.444. The molecule has 0 spiro atoms. The van der Waals surface area contributed by atoms with Crippen LogP contribution in [-0.2, 0) is 17.8 Å². The van der Waals surface area contributed by atoms with Crippen molar-refractivity contribution < 1.29 is 4.79 Å². The largest absolute Gasteiger partial charge is 0.355 e. The maximum Gasteiger partial charge on any atom is 0.220 e. The molecule has 0 bridgehead atoms. The lowest BCUT2D eigenvalue weighted by atomic mass is 10.0. The number of amides is 1. The molecule has 0 radical (unpaired) electrons. The second kappa shape index (κ2) is 10.1. The summed E-state index contributed by atoms with van der Waals surface area (Å²) in [4.78, 5) is 15.0. The second-order valence-corrected chi connectivity index (χ2v) is 9.02. The number of rotatable bonds is 8. The fourth-order valence-electron chi connectivity index (χ4n) is 4.71. The number of benzene rings is 2. The van der Waals surface area contributed by atoms with Crippen LogP contribution in [0.3, 0.4) is 0 Å². The predicted molar refractivity (Wildman–Crippen MR) is 128 cm³/mol. The fourth-order valence-corrected chi connectivity index (χ4v) is 4.71. The quantitative estimate of drug-likeness (QED) is 0.565. The third-order valence-corrected chi connectivity index (χ3v) is 6.63. The van der Waals surface area contributed by atoms with Crippen LogP contribution in [0.1, 0.15) is 49.3 Å². The minimum absolute atomic E-state index is 0.153. The number of aryl methyl sites for hydroxylation is 2. The summed E-state index contributed by atoms with van der Waals surface area (Å²) in [6, 6.07) is 17.9. The van der Waals surface area contributed by atoms with E-state index in [1.54, 1.807) is 0 Å². The van der Waals surface area contributed by atoms with Gasteiger partial charge in [-0.3, -0.25) is 9.69 Å². The molecule has 1 saturated heterocycles. The molecule has 1 unspecified atom stereocenters. The topological polar surface area (TPSA) is 37.3 Å². The summed E-state index contributed by atoms with van der Waals surface area (Å²) in [5.41, 5.74) is 5.06. The Morgan fingerprint density at radius 1 is 1.10 bits per heavy atom. The molecule has 164 valence electrons. The summed E-state index contributed by atoms with van der Waals surface area (Å²) in [6.45, 7) is 8.14. The van der Waals surface area contributed by atoms with Crippen LogP contribution >= 0.6 is 0 Å². The molecule has 4 nitrogen and oxygen atoms in total. The first-order valence-electron chi connectivity index (χ1n) is 11.7. The van der Waals surface area contributed by atoms with Gasteiger partial charge in [-0.2, -0.15) is 0 Å². The Balaban J connectivity index is 1.34. The zero-order valence-corrected chi connectivity index (χ0v) is 18.9. The van der Waals surface area contributed by atoms with Gasteiger partial charge in [-0.15, -0.1) is 0 Å². The molecule has 0 saturated carbocycles. The molecule has 2 aromatic carbocycles. The van der Waals surface area contributed by atoms with E-state index < -0.39 is 0 Å². The van der Waals surface area contributed by atoms with Crippen molar-refractivity contribution in [2.45, 2.75) is 58.5 Å². The predicted octanol–water partition coefficient (Wildman–Crippen LogP) is 4.92. The Morgan fingerprint density at radius 3 is 2.71 bits per heavy atom. The SMILES string of the molecule is Cc1ccc(Cn2cc(CCC(=O)NCCN3CCCCC3C)c3ccccc32)cc1. The van der Waals surface area contributed by atoms with Gasteiger partial charge in [0.2, 0.25) is 5.91 Å². The number of aromatic nitrogens is 1. The van der Waals surface area contributed by atoms with E-state index in [0.717, 1.165) is 32.6 Å². The lowest BCUT2D eigenvalue weighted by Crippen LogP contribution is -2.42. The smallest absolute Gasteiger partial charge is 0.220 e. The summed E-state index contributed by atoms with van der Waals surface area (Å²) in [7, 11) is 0. The van der Waals surface area contributed by atoms with Crippen LogP contribution in [0, 0.1) is 6.92 Å². The van der Waals surface area contributed by atoms with Gasteiger partial charge < -0.3 is 9.88 Å². The van der Waals surface area contributed by atoms with E-state index in [1.165, 1.54) is 46.9 Å². The molecule has 1 aliphatic rings. The Kier molecular flexibility index (Phi) is 7.08. The third kappa shape index (κ3) is 5.56. The lowest BCUT2D eigenvalue weighted by molar-refractivity contribution is -0.121. The molecule has 31 heavy (non-hydrogen) atoms. The van der Waals surface area contributed by atoms with E-state index in [4.69, 9.17) is 0 Å². The first-order valence-corrected chi connectivity index (χ1v) is 11.7. The molecule has 0 aliphatic carbocycles. The van der Waals surface area contributed by atoms with Crippen molar-refractivity contribution in [1.82, 2.24) is 14.8 Å². The molecule has 1 aliphatic heterocycles. The van der Waals surface area contributed by atoms with Gasteiger partial charge in [0, 0.05) is 49.2 Å². The van der Waals surface area contributed by atoms with Gasteiger partial charge in [-0.1, -0.05) is 54.4 Å². The van der Waals surface area contributed by atoms with Gasteiger partial charge in [-0.05, 0) is 56.8 Å². The molecule has 4 heteroatoms. The van der Waals surface area contributed by atoms with Crippen LogP contribution in [-0.4, -0.2) is 41.1 Å². The molecule has 1 aromatic heterocycles. The number of carbonyl (C=O) groups excluding carboxylic acids is 1. The molecule has 1 fully saturated rings. The molecular weight excluding hydrogens is 382 g/mol. The first-order chi connectivity index (χ1) is 15.1. The summed E-state index contributed by atoms with van der Waals surface area (Å²) in [5, 5.41) is 4.39. The Hall–Kier alpha value is -2.59. The van der Waals surface area contributed by atoms with E-state index in [1.807, 2.05) is 0 Å². The van der Waals surface area contributed by atoms with Crippen molar-refractivity contribution in [1.29, 1.82) is 0 Å². The number of para-hydroxylation sites is 1. The number of hydrogen-bond donors (Lipinski definition) is 1. The highest BCUT2D eigenvalue weighted by Crippen LogP contribution is 2.24. The second-order valence-electron chi connectivity index (χ2n) is 9.02. The third-order valence-electron chi connectivity index (χ3n) is 6.63. The van der Waals surface area contributed by atoms with Crippen molar-refractivity contribution in [3.05, 3.63) is 71.4 Å². The normalized spacial score (nSPS) is 17.2. The molecule has 1 N–H and O–H groups in total. The highest BCUT2D eigenvalue weighted by atomic mass is 16.1. The molecule has 1 atom stereocenters. The van der Waals surface area contributed by atoms with Crippen molar-refractivity contribution in [3.8, 4) is 0 Å². The minimum Gasteiger partial charge on any atom is -0.355 e. The maximum absolute atomic E-state index is 12.5. The van der Waals surface area contributed by atoms with Gasteiger partial charge >= 0.3 is 0 Å². The number of nitrogens with zero attached hydrogens (tertiary/aromatic N) is 2. The Morgan fingerprint density at radius 2 is 1.90 bits per heavy atom. The summed E-state index contributed by atoms with van der Waals surface area (Å²) < 4.78 is 2.31. The summed E-state index contributed by atoms with van der Waals surface area (Å²) in [5.74, 6) is 0.153. The average molecular weight is 418 g/mol. The van der Waals surface area contributed by atoms with Crippen molar-refractivity contribution in [3.63, 3.8) is 0 Å². The van der Waals surface area contributed by atoms with Gasteiger partial charge in [0.05, 0.1) is 0 Å². The Labute approximate surface area is 186 Å². The van der Waals surface area contributed by atoms with Crippen LogP contribution in [0.2, 0.25) is 0 Å². The monoisotopic (exact) mass is 417 g/mol. The van der Waals surface area contributed by atoms with Gasteiger partial charge in [0.25, 0.3) is 0 Å². The number of nitrogens with one attached hydrogen (secondary N) is 1. The summed E-state index contributed by atoms with van der Waals surface area (Å²) >= 11 is 0. The van der Waals surface area contributed by atoms with E-state index in [9.17, 15) is 4.79 Å². The summed E-state index contributed by atoms with van der Waals surface area (Å²) in [6.07, 6.45) is 7.43. The highest BCUT2D eigenvalue weighted by molar-refractivity contribution is 5.85. The number of hydrogen-bond acceptors (Lipinski definition) is 2. The van der Waals surface area contributed by atoms with Crippen molar-refractivity contribution in [2.75, 3.05) is 19.6 Å².